The topological polar surface area (TPSA) is 67.0 Å². The molecule has 6 heteroatoms. The van der Waals surface area contributed by atoms with Crippen LogP contribution in [-0.2, 0) is 19.6 Å². The first kappa shape index (κ1) is 15.7. The summed E-state index contributed by atoms with van der Waals surface area (Å²) in [5.74, 6) is 0.283. The Bertz CT molecular complexity index is 913. The maximum atomic E-state index is 13.2. The summed E-state index contributed by atoms with van der Waals surface area (Å²) in [7, 11) is -3.59. The summed E-state index contributed by atoms with van der Waals surface area (Å²) >= 11 is 0. The van der Waals surface area contributed by atoms with E-state index in [4.69, 9.17) is 4.74 Å². The molecule has 2 spiro atoms. The highest BCUT2D eigenvalue weighted by Gasteiger charge is 2.73. The van der Waals surface area contributed by atoms with E-state index in [1.165, 1.54) is 9.88 Å². The quantitative estimate of drug-likeness (QED) is 0.598. The minimum Gasteiger partial charge on any atom is -0.361 e. The number of carbonyl (C=O) groups excluding carboxylic acids is 1. The molecule has 4 unspecified atom stereocenters. The number of nitrogens with zero attached hydrogens (tertiary/aromatic N) is 1. The number of epoxide rings is 1. The molecule has 2 bridgehead atoms. The smallest absolute Gasteiger partial charge is 0.243 e. The second-order valence-electron chi connectivity index (χ2n) is 8.03. The summed E-state index contributed by atoms with van der Waals surface area (Å²) in [5, 5.41) is 0. The van der Waals surface area contributed by atoms with Crippen LogP contribution in [0.15, 0.2) is 40.8 Å². The molecule has 0 aromatic heterocycles. The number of hydrogen-bond acceptors (Lipinski definition) is 4. The monoisotopic (exact) mass is 359 g/mol. The molecule has 132 valence electrons. The highest BCUT2D eigenvalue weighted by Crippen LogP contribution is 2.62. The van der Waals surface area contributed by atoms with Crippen LogP contribution in [0.2, 0.25) is 0 Å². The number of sulfonamides is 1. The number of hydrogen-bond donors (Lipinski definition) is 0. The summed E-state index contributed by atoms with van der Waals surface area (Å²) < 4.78 is 33.3. The molecular formula is C19H21NO4S. The standard InChI is InChI=1S/C19H21NO4S/c1-12-3-5-15(6-4-12)25(22,23)20-9-14-7-16-13(2)8-18(14,10-20)17(21)19(16)11-24-19/h3-6,8,14,16H,7,9-11H2,1-2H3. The van der Waals surface area contributed by atoms with Crippen LogP contribution in [0.25, 0.3) is 0 Å². The Labute approximate surface area is 147 Å². The van der Waals surface area contributed by atoms with Crippen molar-refractivity contribution >= 4 is 15.8 Å². The molecule has 0 radical (unpaired) electrons. The van der Waals surface area contributed by atoms with Crippen LogP contribution in [-0.4, -0.2) is 43.8 Å². The minimum atomic E-state index is -3.59. The van der Waals surface area contributed by atoms with Crippen molar-refractivity contribution in [1.82, 2.24) is 4.31 Å². The molecule has 25 heavy (non-hydrogen) atoms. The van der Waals surface area contributed by atoms with Crippen LogP contribution < -0.4 is 0 Å². The van der Waals surface area contributed by atoms with E-state index < -0.39 is 21.0 Å². The van der Waals surface area contributed by atoms with Gasteiger partial charge in [-0.25, -0.2) is 8.42 Å². The summed E-state index contributed by atoms with van der Waals surface area (Å²) in [4.78, 5) is 13.5. The largest absolute Gasteiger partial charge is 0.361 e. The van der Waals surface area contributed by atoms with Crippen molar-refractivity contribution in [3.63, 3.8) is 0 Å². The van der Waals surface area contributed by atoms with E-state index in [0.717, 1.165) is 12.0 Å². The van der Waals surface area contributed by atoms with Gasteiger partial charge in [-0.15, -0.1) is 0 Å². The number of carbonyl (C=O) groups is 1. The summed E-state index contributed by atoms with van der Waals surface area (Å²) in [6, 6.07) is 6.91. The lowest BCUT2D eigenvalue weighted by molar-refractivity contribution is -0.140. The highest BCUT2D eigenvalue weighted by atomic mass is 32.2. The first-order chi connectivity index (χ1) is 11.8. The number of ketones is 1. The molecule has 5 aliphatic rings. The third-order valence-corrected chi connectivity index (χ3v) is 8.46. The molecule has 3 fully saturated rings. The molecule has 2 aliphatic heterocycles. The number of aryl methyl sites for hydroxylation is 1. The Morgan fingerprint density at radius 1 is 1.20 bits per heavy atom. The van der Waals surface area contributed by atoms with Crippen molar-refractivity contribution in [3.8, 4) is 0 Å². The summed E-state index contributed by atoms with van der Waals surface area (Å²) in [6.45, 7) is 5.12. The molecule has 1 saturated carbocycles. The van der Waals surface area contributed by atoms with Crippen LogP contribution in [0.4, 0.5) is 0 Å². The van der Waals surface area contributed by atoms with E-state index in [9.17, 15) is 13.2 Å². The zero-order valence-corrected chi connectivity index (χ0v) is 15.2. The van der Waals surface area contributed by atoms with Gasteiger partial charge in [-0.2, -0.15) is 4.31 Å². The van der Waals surface area contributed by atoms with Gasteiger partial charge in [-0.3, -0.25) is 4.79 Å². The fourth-order valence-electron chi connectivity index (χ4n) is 5.21. The lowest BCUT2D eigenvalue weighted by Gasteiger charge is -2.47. The third kappa shape index (κ3) is 1.85. The molecule has 1 aromatic rings. The van der Waals surface area contributed by atoms with Crippen molar-refractivity contribution in [2.24, 2.45) is 17.3 Å². The van der Waals surface area contributed by atoms with Crippen LogP contribution in [0.3, 0.4) is 0 Å². The van der Waals surface area contributed by atoms with Gasteiger partial charge in [-0.05, 0) is 38.3 Å². The highest BCUT2D eigenvalue weighted by molar-refractivity contribution is 7.89. The molecule has 1 aromatic carbocycles. The van der Waals surface area contributed by atoms with Gasteiger partial charge in [0.15, 0.2) is 11.4 Å². The minimum absolute atomic E-state index is 0.0590. The lowest BCUT2D eigenvalue weighted by atomic mass is 9.53. The van der Waals surface area contributed by atoms with Gasteiger partial charge in [0, 0.05) is 19.0 Å². The normalized spacial score (nSPS) is 39.6. The predicted molar refractivity (Wildman–Crippen MR) is 91.4 cm³/mol. The van der Waals surface area contributed by atoms with Gasteiger partial charge in [0.25, 0.3) is 0 Å². The Hall–Kier alpha value is -1.50. The van der Waals surface area contributed by atoms with E-state index in [-0.39, 0.29) is 24.2 Å². The first-order valence-electron chi connectivity index (χ1n) is 8.75. The summed E-state index contributed by atoms with van der Waals surface area (Å²) in [6.07, 6.45) is 2.89. The molecular weight excluding hydrogens is 338 g/mol. The van der Waals surface area contributed by atoms with Gasteiger partial charge >= 0.3 is 0 Å². The van der Waals surface area contributed by atoms with Crippen LogP contribution in [0.5, 0.6) is 0 Å². The van der Waals surface area contributed by atoms with Gasteiger partial charge < -0.3 is 4.74 Å². The number of benzene rings is 1. The van der Waals surface area contributed by atoms with Crippen molar-refractivity contribution in [3.05, 3.63) is 41.5 Å². The average Bonchev–Trinajstić information content (AvgIpc) is 3.26. The SMILES string of the molecule is CC1=CC23CN(S(=O)(=O)c4ccc(C)cc4)CC2CC1C1(CO1)C3=O. The third-order valence-electron chi connectivity index (χ3n) is 6.63. The number of Topliss-reactive ketones (excluding diaryl/α,β-unsaturated/α-hetero) is 1. The van der Waals surface area contributed by atoms with Crippen LogP contribution >= 0.6 is 0 Å². The van der Waals surface area contributed by atoms with Crippen LogP contribution in [0.1, 0.15) is 18.9 Å². The van der Waals surface area contributed by atoms with Gasteiger partial charge in [0.1, 0.15) is 0 Å². The number of rotatable bonds is 2. The van der Waals surface area contributed by atoms with Gasteiger partial charge in [-0.1, -0.05) is 29.3 Å². The Kier molecular flexibility index (Phi) is 2.90. The van der Waals surface area contributed by atoms with E-state index >= 15 is 0 Å². The molecule has 2 saturated heterocycles. The van der Waals surface area contributed by atoms with E-state index in [0.29, 0.717) is 18.0 Å². The zero-order chi connectivity index (χ0) is 17.6. The fourth-order valence-corrected chi connectivity index (χ4v) is 6.74. The second-order valence-corrected chi connectivity index (χ2v) is 9.97. The summed E-state index contributed by atoms with van der Waals surface area (Å²) in [5.41, 5.74) is 0.849. The number of ether oxygens (including phenoxy) is 1. The lowest BCUT2D eigenvalue weighted by Crippen LogP contribution is -2.57. The van der Waals surface area contributed by atoms with Crippen molar-refractivity contribution in [1.29, 1.82) is 0 Å². The van der Waals surface area contributed by atoms with Crippen molar-refractivity contribution in [2.75, 3.05) is 19.7 Å². The Morgan fingerprint density at radius 2 is 1.88 bits per heavy atom. The van der Waals surface area contributed by atoms with Gasteiger partial charge in [0.2, 0.25) is 10.0 Å². The first-order valence-corrected chi connectivity index (χ1v) is 10.2. The molecule has 2 heterocycles. The van der Waals surface area contributed by atoms with E-state index in [1.54, 1.807) is 12.1 Å². The van der Waals surface area contributed by atoms with Crippen molar-refractivity contribution in [2.45, 2.75) is 30.8 Å². The maximum absolute atomic E-state index is 13.2. The second kappa shape index (κ2) is 4.61. The van der Waals surface area contributed by atoms with E-state index in [2.05, 4.69) is 6.92 Å². The zero-order valence-electron chi connectivity index (χ0n) is 14.4. The molecule has 4 atom stereocenters. The van der Waals surface area contributed by atoms with Crippen molar-refractivity contribution < 1.29 is 17.9 Å². The Balaban J connectivity index is 1.54. The van der Waals surface area contributed by atoms with E-state index in [1.807, 2.05) is 25.1 Å². The predicted octanol–water partition coefficient (Wildman–Crippen LogP) is 1.92. The molecule has 3 aliphatic carbocycles. The van der Waals surface area contributed by atoms with Crippen LogP contribution in [0, 0.1) is 24.2 Å². The average molecular weight is 359 g/mol. The maximum Gasteiger partial charge on any atom is 0.243 e. The molecule has 0 amide bonds. The Morgan fingerprint density at radius 3 is 2.52 bits per heavy atom. The molecule has 6 rings (SSSR count). The molecule has 5 nitrogen and oxygen atoms in total. The fraction of sp³-hybridized carbons (Fsp3) is 0.526. The van der Waals surface area contributed by atoms with Gasteiger partial charge in [0.05, 0.1) is 16.9 Å². The molecule has 0 N–H and O–H groups in total.